The van der Waals surface area contributed by atoms with Crippen LogP contribution < -0.4 is 5.32 Å². The molecule has 1 amide bonds. The maximum absolute atomic E-state index is 12.1. The molecule has 0 spiro atoms. The van der Waals surface area contributed by atoms with Gasteiger partial charge in [-0.15, -0.1) is 0 Å². The van der Waals surface area contributed by atoms with Crippen molar-refractivity contribution >= 4 is 23.2 Å². The Balaban J connectivity index is 1.47. The molecule has 5 heteroatoms. The molecule has 1 aliphatic carbocycles. The molecule has 4 nitrogen and oxygen atoms in total. The number of amides is 1. The second-order valence-electron chi connectivity index (χ2n) is 6.08. The van der Waals surface area contributed by atoms with Crippen molar-refractivity contribution < 1.29 is 9.63 Å². The Hall–Kier alpha value is -1.55. The quantitative estimate of drug-likeness (QED) is 0.920. The number of nitrogens with zero attached hydrogens (tertiary/aromatic N) is 1. The molecular formula is C17H21ClN2O2. The third-order valence-electron chi connectivity index (χ3n) is 4.29. The standard InChI is InChI=1S/C17H21ClN2O2/c18-13-8-6-12(7-9-13)16-10-15(22-20-16)11-17(21)19-14-4-2-1-3-5-14/h6-9,14-15H,1-5,10-11H2,(H,19,21). The van der Waals surface area contributed by atoms with Crippen molar-refractivity contribution in [2.24, 2.45) is 5.16 Å². The number of benzene rings is 1. The van der Waals surface area contributed by atoms with Gasteiger partial charge in [0.15, 0.2) is 0 Å². The van der Waals surface area contributed by atoms with E-state index in [1.165, 1.54) is 19.3 Å². The number of carbonyl (C=O) groups excluding carboxylic acids is 1. The Bertz CT molecular complexity index is 550. The highest BCUT2D eigenvalue weighted by Crippen LogP contribution is 2.21. The van der Waals surface area contributed by atoms with Gasteiger partial charge in [0.25, 0.3) is 0 Å². The highest BCUT2D eigenvalue weighted by molar-refractivity contribution is 6.30. The largest absolute Gasteiger partial charge is 0.391 e. The Kier molecular flexibility index (Phi) is 4.98. The lowest BCUT2D eigenvalue weighted by Crippen LogP contribution is -2.37. The van der Waals surface area contributed by atoms with Crippen molar-refractivity contribution in [1.29, 1.82) is 0 Å². The van der Waals surface area contributed by atoms with Gasteiger partial charge < -0.3 is 10.2 Å². The highest BCUT2D eigenvalue weighted by atomic mass is 35.5. The summed E-state index contributed by atoms with van der Waals surface area (Å²) in [7, 11) is 0. The SMILES string of the molecule is O=C(CC1CC(c2ccc(Cl)cc2)=NO1)NC1CCCCC1. The zero-order valence-corrected chi connectivity index (χ0v) is 13.3. The Morgan fingerprint density at radius 3 is 2.68 bits per heavy atom. The molecular weight excluding hydrogens is 300 g/mol. The van der Waals surface area contributed by atoms with E-state index in [-0.39, 0.29) is 12.0 Å². The van der Waals surface area contributed by atoms with E-state index < -0.39 is 0 Å². The summed E-state index contributed by atoms with van der Waals surface area (Å²) < 4.78 is 0. The molecule has 1 atom stereocenters. The maximum Gasteiger partial charge on any atom is 0.224 e. The Labute approximate surface area is 135 Å². The van der Waals surface area contributed by atoms with Gasteiger partial charge in [-0.25, -0.2) is 0 Å². The van der Waals surface area contributed by atoms with Crippen LogP contribution in [0, 0.1) is 0 Å². The average molecular weight is 321 g/mol. The van der Waals surface area contributed by atoms with Crippen LogP contribution in [0.25, 0.3) is 0 Å². The van der Waals surface area contributed by atoms with Gasteiger partial charge in [0.2, 0.25) is 5.91 Å². The molecule has 1 N–H and O–H groups in total. The minimum atomic E-state index is -0.158. The predicted molar refractivity (Wildman–Crippen MR) is 87.1 cm³/mol. The zero-order valence-electron chi connectivity index (χ0n) is 12.6. The van der Waals surface area contributed by atoms with E-state index in [1.54, 1.807) is 0 Å². The first-order valence-corrected chi connectivity index (χ1v) is 8.36. The molecule has 1 saturated carbocycles. The summed E-state index contributed by atoms with van der Waals surface area (Å²) in [5.41, 5.74) is 1.88. The molecule has 1 aromatic carbocycles. The first-order valence-electron chi connectivity index (χ1n) is 7.99. The topological polar surface area (TPSA) is 50.7 Å². The summed E-state index contributed by atoms with van der Waals surface area (Å²) in [6, 6.07) is 7.87. The lowest BCUT2D eigenvalue weighted by atomic mass is 9.95. The van der Waals surface area contributed by atoms with Crippen LogP contribution in [-0.4, -0.2) is 23.8 Å². The number of rotatable bonds is 4. The van der Waals surface area contributed by atoms with E-state index in [0.717, 1.165) is 24.1 Å². The molecule has 2 aliphatic rings. The molecule has 1 aromatic rings. The minimum Gasteiger partial charge on any atom is -0.391 e. The minimum absolute atomic E-state index is 0.0736. The van der Waals surface area contributed by atoms with Crippen LogP contribution in [0.4, 0.5) is 0 Å². The van der Waals surface area contributed by atoms with Crippen LogP contribution in [0.5, 0.6) is 0 Å². The van der Waals surface area contributed by atoms with Crippen LogP contribution in [0.15, 0.2) is 29.4 Å². The van der Waals surface area contributed by atoms with Crippen LogP contribution in [-0.2, 0) is 9.63 Å². The summed E-state index contributed by atoms with van der Waals surface area (Å²) in [6.07, 6.45) is 6.80. The molecule has 1 unspecified atom stereocenters. The first-order chi connectivity index (χ1) is 10.7. The van der Waals surface area contributed by atoms with Crippen LogP contribution in [0.3, 0.4) is 0 Å². The molecule has 0 radical (unpaired) electrons. The second-order valence-corrected chi connectivity index (χ2v) is 6.52. The molecule has 1 heterocycles. The van der Waals surface area contributed by atoms with E-state index in [4.69, 9.17) is 16.4 Å². The van der Waals surface area contributed by atoms with Crippen molar-refractivity contribution in [3.8, 4) is 0 Å². The molecule has 0 aromatic heterocycles. The van der Waals surface area contributed by atoms with Crippen molar-refractivity contribution in [3.05, 3.63) is 34.9 Å². The van der Waals surface area contributed by atoms with E-state index in [1.807, 2.05) is 24.3 Å². The van der Waals surface area contributed by atoms with Gasteiger partial charge in [0, 0.05) is 17.5 Å². The predicted octanol–water partition coefficient (Wildman–Crippen LogP) is 3.67. The maximum atomic E-state index is 12.1. The van der Waals surface area contributed by atoms with Gasteiger partial charge in [-0.3, -0.25) is 4.79 Å². The summed E-state index contributed by atoms with van der Waals surface area (Å²) >= 11 is 5.88. The molecule has 22 heavy (non-hydrogen) atoms. The summed E-state index contributed by atoms with van der Waals surface area (Å²) in [6.45, 7) is 0. The average Bonchev–Trinajstić information content (AvgIpc) is 2.97. The zero-order chi connectivity index (χ0) is 15.4. The van der Waals surface area contributed by atoms with Crippen LogP contribution in [0.2, 0.25) is 5.02 Å². The van der Waals surface area contributed by atoms with Gasteiger partial charge in [-0.05, 0) is 30.5 Å². The van der Waals surface area contributed by atoms with E-state index in [9.17, 15) is 4.79 Å². The van der Waals surface area contributed by atoms with Crippen molar-refractivity contribution in [2.45, 2.75) is 57.1 Å². The van der Waals surface area contributed by atoms with Gasteiger partial charge in [-0.2, -0.15) is 0 Å². The van der Waals surface area contributed by atoms with Gasteiger partial charge in [0.05, 0.1) is 12.1 Å². The molecule has 0 bridgehead atoms. The summed E-state index contributed by atoms with van der Waals surface area (Å²) in [5.74, 6) is 0.0736. The summed E-state index contributed by atoms with van der Waals surface area (Å²) in [5, 5.41) is 7.93. The van der Waals surface area contributed by atoms with Crippen LogP contribution in [0.1, 0.15) is 50.5 Å². The van der Waals surface area contributed by atoms with Gasteiger partial charge in [0.1, 0.15) is 6.10 Å². The molecule has 1 fully saturated rings. The van der Waals surface area contributed by atoms with Crippen molar-refractivity contribution in [3.63, 3.8) is 0 Å². The molecule has 1 aliphatic heterocycles. The number of oxime groups is 1. The Morgan fingerprint density at radius 1 is 1.23 bits per heavy atom. The fourth-order valence-corrected chi connectivity index (χ4v) is 3.22. The number of nitrogens with one attached hydrogen (secondary N) is 1. The van der Waals surface area contributed by atoms with E-state index >= 15 is 0 Å². The highest BCUT2D eigenvalue weighted by Gasteiger charge is 2.26. The van der Waals surface area contributed by atoms with E-state index in [0.29, 0.717) is 23.9 Å². The Morgan fingerprint density at radius 2 is 1.95 bits per heavy atom. The number of hydrogen-bond donors (Lipinski definition) is 1. The fourth-order valence-electron chi connectivity index (χ4n) is 3.09. The molecule has 118 valence electrons. The molecule has 0 saturated heterocycles. The summed E-state index contributed by atoms with van der Waals surface area (Å²) in [4.78, 5) is 17.5. The lowest BCUT2D eigenvalue weighted by molar-refractivity contribution is -0.124. The molecule has 3 rings (SSSR count). The van der Waals surface area contributed by atoms with E-state index in [2.05, 4.69) is 10.5 Å². The number of carbonyl (C=O) groups is 1. The normalized spacial score (nSPS) is 22.0. The van der Waals surface area contributed by atoms with Crippen LogP contribution >= 0.6 is 11.6 Å². The fraction of sp³-hybridized carbons (Fsp3) is 0.529. The third kappa shape index (κ3) is 4.01. The number of halogens is 1. The van der Waals surface area contributed by atoms with Crippen molar-refractivity contribution in [2.75, 3.05) is 0 Å². The van der Waals surface area contributed by atoms with Crippen molar-refractivity contribution in [1.82, 2.24) is 5.32 Å². The second kappa shape index (κ2) is 7.14. The lowest BCUT2D eigenvalue weighted by Gasteiger charge is -2.23. The van der Waals surface area contributed by atoms with Gasteiger partial charge in [-0.1, -0.05) is 48.2 Å². The first kappa shape index (κ1) is 15.3. The van der Waals surface area contributed by atoms with Gasteiger partial charge >= 0.3 is 0 Å². The smallest absolute Gasteiger partial charge is 0.224 e. The number of hydrogen-bond acceptors (Lipinski definition) is 3. The monoisotopic (exact) mass is 320 g/mol. The third-order valence-corrected chi connectivity index (χ3v) is 4.55.